The van der Waals surface area contributed by atoms with Crippen LogP contribution in [0.3, 0.4) is 0 Å². The summed E-state index contributed by atoms with van der Waals surface area (Å²) >= 11 is 0. The predicted octanol–water partition coefficient (Wildman–Crippen LogP) is 2.37. The van der Waals surface area contributed by atoms with E-state index in [1.165, 1.54) is 0 Å². The summed E-state index contributed by atoms with van der Waals surface area (Å²) < 4.78 is 0. The summed E-state index contributed by atoms with van der Waals surface area (Å²) in [5.74, 6) is 2.27. The van der Waals surface area contributed by atoms with Crippen molar-refractivity contribution in [1.29, 1.82) is 0 Å². The third-order valence-corrected chi connectivity index (χ3v) is 4.46. The molecule has 1 aliphatic carbocycles. The van der Waals surface area contributed by atoms with Crippen molar-refractivity contribution >= 4 is 12.0 Å². The molecule has 0 saturated heterocycles. The smallest absolute Gasteiger partial charge is 0.315 e. The first-order valence-electron chi connectivity index (χ1n) is 7.64. The molecule has 2 amide bonds. The van der Waals surface area contributed by atoms with E-state index in [2.05, 4.69) is 23.5 Å². The molecule has 1 fully saturated rings. The fourth-order valence-corrected chi connectivity index (χ4v) is 2.71. The number of carbonyl (C=O) groups excluding carboxylic acids is 1. The maximum Gasteiger partial charge on any atom is 0.315 e. The maximum atomic E-state index is 11.9. The van der Waals surface area contributed by atoms with E-state index in [0.29, 0.717) is 25.2 Å². The van der Waals surface area contributed by atoms with Crippen molar-refractivity contribution < 1.29 is 14.7 Å². The number of terminal acetylenes is 1. The standard InChI is InChI=1S/C16H26N2O3/c1-4-6-13(5-2)18-15(21)17-11-16(14(19)20)9-7-12(3)8-10-16/h1,12-13H,5-11H2,2-3H3,(H,19,20)(H2,17,18,21). The Bertz CT molecular complexity index is 406. The van der Waals surface area contributed by atoms with Crippen LogP contribution in [-0.4, -0.2) is 29.7 Å². The highest BCUT2D eigenvalue weighted by molar-refractivity contribution is 5.78. The monoisotopic (exact) mass is 294 g/mol. The van der Waals surface area contributed by atoms with Gasteiger partial charge >= 0.3 is 12.0 Å². The van der Waals surface area contributed by atoms with Crippen LogP contribution in [0.5, 0.6) is 0 Å². The molecule has 3 N–H and O–H groups in total. The Balaban J connectivity index is 2.52. The predicted molar refractivity (Wildman–Crippen MR) is 81.8 cm³/mol. The van der Waals surface area contributed by atoms with E-state index in [0.717, 1.165) is 19.3 Å². The highest BCUT2D eigenvalue weighted by atomic mass is 16.4. The zero-order chi connectivity index (χ0) is 15.9. The van der Waals surface area contributed by atoms with Gasteiger partial charge in [-0.15, -0.1) is 12.3 Å². The van der Waals surface area contributed by atoms with E-state index >= 15 is 0 Å². The van der Waals surface area contributed by atoms with Gasteiger partial charge in [-0.1, -0.05) is 13.8 Å². The van der Waals surface area contributed by atoms with Gasteiger partial charge in [0.25, 0.3) is 0 Å². The number of aliphatic carboxylic acids is 1. The summed E-state index contributed by atoms with van der Waals surface area (Å²) in [6, 6.07) is -0.404. The highest BCUT2D eigenvalue weighted by Crippen LogP contribution is 2.38. The van der Waals surface area contributed by atoms with Gasteiger partial charge in [0.2, 0.25) is 0 Å². The Kier molecular flexibility index (Phi) is 6.54. The lowest BCUT2D eigenvalue weighted by atomic mass is 9.71. The van der Waals surface area contributed by atoms with Crippen LogP contribution in [0.25, 0.3) is 0 Å². The van der Waals surface area contributed by atoms with Crippen molar-refractivity contribution in [3.8, 4) is 12.3 Å². The van der Waals surface area contributed by atoms with Crippen LogP contribution in [0.15, 0.2) is 0 Å². The lowest BCUT2D eigenvalue weighted by Gasteiger charge is -2.35. The van der Waals surface area contributed by atoms with Gasteiger partial charge in [0.05, 0.1) is 5.41 Å². The Morgan fingerprint density at radius 2 is 2.05 bits per heavy atom. The minimum atomic E-state index is -0.822. The first-order chi connectivity index (χ1) is 9.93. The second kappa shape index (κ2) is 7.92. The first-order valence-corrected chi connectivity index (χ1v) is 7.64. The molecule has 0 aromatic heterocycles. The Labute approximate surface area is 126 Å². The van der Waals surface area contributed by atoms with Crippen LogP contribution in [0, 0.1) is 23.7 Å². The molecule has 0 aliphatic heterocycles. The van der Waals surface area contributed by atoms with Crippen LogP contribution in [-0.2, 0) is 4.79 Å². The number of hydrogen-bond donors (Lipinski definition) is 3. The molecule has 1 atom stereocenters. The summed E-state index contributed by atoms with van der Waals surface area (Å²) in [5, 5.41) is 15.0. The molecule has 0 heterocycles. The number of urea groups is 1. The van der Waals surface area contributed by atoms with Crippen molar-refractivity contribution in [3.63, 3.8) is 0 Å². The van der Waals surface area contributed by atoms with Gasteiger partial charge < -0.3 is 15.7 Å². The molecule has 1 saturated carbocycles. The summed E-state index contributed by atoms with van der Waals surface area (Å²) in [6.07, 6.45) is 9.49. The van der Waals surface area contributed by atoms with Gasteiger partial charge in [-0.2, -0.15) is 0 Å². The number of carbonyl (C=O) groups is 2. The number of hydrogen-bond acceptors (Lipinski definition) is 2. The van der Waals surface area contributed by atoms with E-state index in [4.69, 9.17) is 6.42 Å². The zero-order valence-corrected chi connectivity index (χ0v) is 12.9. The highest BCUT2D eigenvalue weighted by Gasteiger charge is 2.41. The average molecular weight is 294 g/mol. The van der Waals surface area contributed by atoms with Crippen LogP contribution < -0.4 is 10.6 Å². The molecule has 118 valence electrons. The number of rotatable bonds is 6. The summed E-state index contributed by atoms with van der Waals surface area (Å²) in [6.45, 7) is 4.26. The lowest BCUT2D eigenvalue weighted by molar-refractivity contribution is -0.151. The fourth-order valence-electron chi connectivity index (χ4n) is 2.71. The first kappa shape index (κ1) is 17.4. The molecule has 1 unspecified atom stereocenters. The minimum Gasteiger partial charge on any atom is -0.481 e. The van der Waals surface area contributed by atoms with E-state index in [9.17, 15) is 14.7 Å². The molecule has 0 spiro atoms. The third-order valence-electron chi connectivity index (χ3n) is 4.46. The quantitative estimate of drug-likeness (QED) is 0.658. The molecule has 0 aromatic carbocycles. The fraction of sp³-hybridized carbons (Fsp3) is 0.750. The normalized spacial score (nSPS) is 26.4. The van der Waals surface area contributed by atoms with Gasteiger partial charge in [0.1, 0.15) is 0 Å². The van der Waals surface area contributed by atoms with Gasteiger partial charge in [-0.3, -0.25) is 4.79 Å². The summed E-state index contributed by atoms with van der Waals surface area (Å²) in [5.41, 5.74) is -0.822. The van der Waals surface area contributed by atoms with E-state index in [1.807, 2.05) is 6.92 Å². The molecule has 0 bridgehead atoms. The van der Waals surface area contributed by atoms with Crippen molar-refractivity contribution in [3.05, 3.63) is 0 Å². The van der Waals surface area contributed by atoms with Crippen molar-refractivity contribution in [2.75, 3.05) is 6.54 Å². The van der Waals surface area contributed by atoms with Gasteiger partial charge in [0, 0.05) is 19.0 Å². The third kappa shape index (κ3) is 4.96. The number of carboxylic acids is 1. The minimum absolute atomic E-state index is 0.0674. The lowest BCUT2D eigenvalue weighted by Crippen LogP contribution is -2.49. The van der Waals surface area contributed by atoms with Crippen molar-refractivity contribution in [1.82, 2.24) is 10.6 Å². The second-order valence-corrected chi connectivity index (χ2v) is 6.11. The molecule has 5 nitrogen and oxygen atoms in total. The second-order valence-electron chi connectivity index (χ2n) is 6.11. The van der Waals surface area contributed by atoms with E-state index in [1.54, 1.807) is 0 Å². The van der Waals surface area contributed by atoms with Crippen molar-refractivity contribution in [2.24, 2.45) is 11.3 Å². The number of amides is 2. The largest absolute Gasteiger partial charge is 0.481 e. The molecule has 5 heteroatoms. The Hall–Kier alpha value is -1.70. The molecule has 0 aromatic rings. The SMILES string of the molecule is C#CCC(CC)NC(=O)NCC1(C(=O)O)CCC(C)CC1. The average Bonchev–Trinajstić information content (AvgIpc) is 2.46. The number of carboxylic acid groups (broad SMARTS) is 1. The van der Waals surface area contributed by atoms with E-state index < -0.39 is 11.4 Å². The van der Waals surface area contributed by atoms with Crippen LogP contribution >= 0.6 is 0 Å². The zero-order valence-electron chi connectivity index (χ0n) is 12.9. The van der Waals surface area contributed by atoms with Gasteiger partial charge in [-0.25, -0.2) is 4.79 Å². The number of nitrogens with one attached hydrogen (secondary N) is 2. The molecular formula is C16H26N2O3. The maximum absolute atomic E-state index is 11.9. The van der Waals surface area contributed by atoms with Gasteiger partial charge in [0.15, 0.2) is 0 Å². The molecule has 21 heavy (non-hydrogen) atoms. The topological polar surface area (TPSA) is 78.4 Å². The Morgan fingerprint density at radius 1 is 1.43 bits per heavy atom. The van der Waals surface area contributed by atoms with Crippen molar-refractivity contribution in [2.45, 2.75) is 58.4 Å². The molecule has 1 rings (SSSR count). The van der Waals surface area contributed by atoms with Crippen LogP contribution in [0.2, 0.25) is 0 Å². The van der Waals surface area contributed by atoms with E-state index in [-0.39, 0.29) is 18.6 Å². The molecular weight excluding hydrogens is 268 g/mol. The van der Waals surface area contributed by atoms with Crippen LogP contribution in [0.1, 0.15) is 52.4 Å². The Morgan fingerprint density at radius 3 is 2.52 bits per heavy atom. The van der Waals surface area contributed by atoms with Crippen LogP contribution in [0.4, 0.5) is 4.79 Å². The summed E-state index contributed by atoms with van der Waals surface area (Å²) in [4.78, 5) is 23.5. The molecule has 0 radical (unpaired) electrons. The summed E-state index contributed by atoms with van der Waals surface area (Å²) in [7, 11) is 0. The molecule has 1 aliphatic rings. The van der Waals surface area contributed by atoms with Gasteiger partial charge in [-0.05, 0) is 38.0 Å².